The van der Waals surface area contributed by atoms with Gasteiger partial charge < -0.3 is 14.6 Å². The molecule has 0 heterocycles. The van der Waals surface area contributed by atoms with E-state index in [0.717, 1.165) is 60.1 Å². The van der Waals surface area contributed by atoms with Gasteiger partial charge in [-0.1, -0.05) is 31.7 Å². The molecule has 2 aromatic rings. The van der Waals surface area contributed by atoms with Crippen molar-refractivity contribution in [1.29, 1.82) is 0 Å². The van der Waals surface area contributed by atoms with Crippen LogP contribution >= 0.6 is 0 Å². The van der Waals surface area contributed by atoms with Gasteiger partial charge in [-0.3, -0.25) is 4.79 Å². The van der Waals surface area contributed by atoms with Crippen molar-refractivity contribution in [2.45, 2.75) is 71.8 Å². The topological polar surface area (TPSA) is 55.8 Å². The lowest BCUT2D eigenvalue weighted by Gasteiger charge is -2.24. The van der Waals surface area contributed by atoms with Gasteiger partial charge in [-0.2, -0.15) is 0 Å². The zero-order chi connectivity index (χ0) is 22.9. The van der Waals surface area contributed by atoms with E-state index in [9.17, 15) is 9.90 Å². The predicted molar refractivity (Wildman–Crippen MR) is 127 cm³/mol. The summed E-state index contributed by atoms with van der Waals surface area (Å²) in [5.74, 6) is 1.82. The van der Waals surface area contributed by atoms with E-state index in [4.69, 9.17) is 9.47 Å². The summed E-state index contributed by atoms with van der Waals surface area (Å²) in [5.41, 5.74) is 4.26. The van der Waals surface area contributed by atoms with E-state index in [1.54, 1.807) is 13.0 Å². The molecule has 0 amide bonds. The van der Waals surface area contributed by atoms with Gasteiger partial charge in [0, 0.05) is 16.7 Å². The van der Waals surface area contributed by atoms with Gasteiger partial charge in [0.1, 0.15) is 18.1 Å². The number of ether oxygens (including phenoxy) is 2. The molecule has 0 atom stereocenters. The van der Waals surface area contributed by atoms with Crippen molar-refractivity contribution in [2.75, 3.05) is 6.61 Å². The van der Waals surface area contributed by atoms with E-state index < -0.39 is 0 Å². The van der Waals surface area contributed by atoms with Crippen LogP contribution in [-0.4, -0.2) is 23.6 Å². The highest BCUT2D eigenvalue weighted by Crippen LogP contribution is 2.53. The van der Waals surface area contributed by atoms with Crippen LogP contribution in [0.4, 0.5) is 0 Å². The Morgan fingerprint density at radius 1 is 1.19 bits per heavy atom. The first-order chi connectivity index (χ1) is 15.3. The predicted octanol–water partition coefficient (Wildman–Crippen LogP) is 6.76. The molecule has 2 aliphatic rings. The second-order valence-corrected chi connectivity index (χ2v) is 9.38. The minimum absolute atomic E-state index is 0.0724. The molecule has 0 radical (unpaired) electrons. The van der Waals surface area contributed by atoms with Crippen LogP contribution in [0.25, 0.3) is 11.1 Å². The molecule has 0 spiro atoms. The first-order valence-corrected chi connectivity index (χ1v) is 11.8. The molecule has 0 aliphatic heterocycles. The van der Waals surface area contributed by atoms with Crippen molar-refractivity contribution >= 4 is 5.78 Å². The number of ketones is 1. The highest BCUT2D eigenvalue weighted by Gasteiger charge is 2.48. The minimum atomic E-state index is -0.134. The number of aryl methyl sites for hydroxylation is 1. The third kappa shape index (κ3) is 4.41. The van der Waals surface area contributed by atoms with Crippen molar-refractivity contribution in [3.63, 3.8) is 0 Å². The van der Waals surface area contributed by atoms with E-state index in [0.29, 0.717) is 24.0 Å². The molecule has 4 nitrogen and oxygen atoms in total. The molecular formula is C28H34O4. The summed E-state index contributed by atoms with van der Waals surface area (Å²) in [4.78, 5) is 12.0. The van der Waals surface area contributed by atoms with E-state index in [1.165, 1.54) is 12.8 Å². The molecule has 4 heteroatoms. The van der Waals surface area contributed by atoms with Gasteiger partial charge in [0.2, 0.25) is 0 Å². The zero-order valence-corrected chi connectivity index (χ0v) is 19.5. The van der Waals surface area contributed by atoms with Crippen molar-refractivity contribution in [3.05, 3.63) is 59.4 Å². The smallest absolute Gasteiger partial charge is 0.160 e. The highest BCUT2D eigenvalue weighted by molar-refractivity contribution is 5.96. The average molecular weight is 435 g/mol. The number of Topliss-reactive ketones (excluding diaryl/α,β-unsaturated/α-hetero) is 1. The zero-order valence-electron chi connectivity index (χ0n) is 19.5. The van der Waals surface area contributed by atoms with Crippen molar-refractivity contribution < 1.29 is 19.4 Å². The summed E-state index contributed by atoms with van der Waals surface area (Å²) in [6.07, 6.45) is 7.79. The standard InChI is InChI=1S/C28H34O4/c1-5-21-16-22(10-11-24(21)19(3)29)25-12-13-26(30)18(2)27(25)31-17-28(14-15-28)20(4)32-23-8-6-7-9-23/h10-13,16,23,30H,4-9,14-15,17H2,1-3H3. The summed E-state index contributed by atoms with van der Waals surface area (Å²) in [5, 5.41) is 10.4. The van der Waals surface area contributed by atoms with Crippen LogP contribution in [-0.2, 0) is 11.2 Å². The summed E-state index contributed by atoms with van der Waals surface area (Å²) in [6.45, 7) is 10.3. The summed E-state index contributed by atoms with van der Waals surface area (Å²) in [7, 11) is 0. The fraction of sp³-hybridized carbons (Fsp3) is 0.464. The van der Waals surface area contributed by atoms with Gasteiger partial charge in [-0.05, 0) is 82.1 Å². The van der Waals surface area contributed by atoms with Gasteiger partial charge >= 0.3 is 0 Å². The van der Waals surface area contributed by atoms with Crippen LogP contribution in [0, 0.1) is 12.3 Å². The Morgan fingerprint density at radius 3 is 2.53 bits per heavy atom. The quantitative estimate of drug-likeness (QED) is 0.350. The lowest BCUT2D eigenvalue weighted by atomic mass is 9.94. The first kappa shape index (κ1) is 22.4. The van der Waals surface area contributed by atoms with Crippen molar-refractivity contribution in [2.24, 2.45) is 5.41 Å². The van der Waals surface area contributed by atoms with Crippen LogP contribution in [0.1, 0.15) is 73.9 Å². The van der Waals surface area contributed by atoms with Gasteiger partial charge in [0.25, 0.3) is 0 Å². The normalized spacial score (nSPS) is 17.2. The number of phenolic OH excluding ortho intramolecular Hbond substituents is 1. The number of phenols is 1. The summed E-state index contributed by atoms with van der Waals surface area (Å²) in [6, 6.07) is 9.51. The lowest BCUT2D eigenvalue weighted by Crippen LogP contribution is -2.20. The third-order valence-electron chi connectivity index (χ3n) is 7.10. The maximum absolute atomic E-state index is 12.0. The number of hydrogen-bond acceptors (Lipinski definition) is 4. The maximum atomic E-state index is 12.0. The second-order valence-electron chi connectivity index (χ2n) is 9.38. The van der Waals surface area contributed by atoms with Crippen molar-refractivity contribution in [3.8, 4) is 22.6 Å². The summed E-state index contributed by atoms with van der Waals surface area (Å²) >= 11 is 0. The molecule has 1 N–H and O–H groups in total. The molecule has 2 aliphatic carbocycles. The Labute approximate surface area is 191 Å². The van der Waals surface area contributed by atoms with E-state index >= 15 is 0 Å². The molecule has 170 valence electrons. The number of rotatable bonds is 9. The number of aromatic hydroxyl groups is 1. The van der Waals surface area contributed by atoms with Crippen LogP contribution in [0.5, 0.6) is 11.5 Å². The molecule has 0 saturated heterocycles. The Hall–Kier alpha value is -2.75. The van der Waals surface area contributed by atoms with Crippen LogP contribution in [0.2, 0.25) is 0 Å². The average Bonchev–Trinajstić information content (AvgIpc) is 3.41. The van der Waals surface area contributed by atoms with Crippen LogP contribution in [0.15, 0.2) is 42.7 Å². The molecular weight excluding hydrogens is 400 g/mol. The molecule has 0 bridgehead atoms. The molecule has 2 saturated carbocycles. The first-order valence-electron chi connectivity index (χ1n) is 11.8. The third-order valence-corrected chi connectivity index (χ3v) is 7.10. The van der Waals surface area contributed by atoms with Gasteiger partial charge in [-0.15, -0.1) is 0 Å². The van der Waals surface area contributed by atoms with Crippen LogP contribution < -0.4 is 4.74 Å². The maximum Gasteiger partial charge on any atom is 0.160 e. The van der Waals surface area contributed by atoms with Gasteiger partial charge in [0.15, 0.2) is 5.78 Å². The number of hydrogen-bond donors (Lipinski definition) is 1. The van der Waals surface area contributed by atoms with Crippen LogP contribution in [0.3, 0.4) is 0 Å². The number of carbonyl (C=O) groups excluding carboxylic acids is 1. The highest BCUT2D eigenvalue weighted by atomic mass is 16.5. The minimum Gasteiger partial charge on any atom is -0.508 e. The molecule has 4 rings (SSSR count). The molecule has 2 fully saturated rings. The lowest BCUT2D eigenvalue weighted by molar-refractivity contribution is 0.0788. The number of benzene rings is 2. The molecule has 32 heavy (non-hydrogen) atoms. The molecule has 0 aromatic heterocycles. The Kier molecular flexibility index (Phi) is 6.32. The van der Waals surface area contributed by atoms with Crippen molar-refractivity contribution in [1.82, 2.24) is 0 Å². The second kappa shape index (κ2) is 9.01. The van der Waals surface area contributed by atoms with E-state index in [-0.39, 0.29) is 16.9 Å². The molecule has 2 aromatic carbocycles. The Balaban J connectivity index is 1.59. The van der Waals surface area contributed by atoms with Gasteiger partial charge in [0.05, 0.1) is 17.3 Å². The Bertz CT molecular complexity index is 1030. The fourth-order valence-corrected chi connectivity index (χ4v) is 4.69. The van der Waals surface area contributed by atoms with E-state index in [1.807, 2.05) is 25.1 Å². The SMILES string of the molecule is C=C(OC1CCCC1)C1(COc2c(-c3ccc(C(C)=O)c(CC)c3)ccc(O)c2C)CC1. The monoisotopic (exact) mass is 434 g/mol. The molecule has 0 unspecified atom stereocenters. The Morgan fingerprint density at radius 2 is 1.91 bits per heavy atom. The fourth-order valence-electron chi connectivity index (χ4n) is 4.69. The summed E-state index contributed by atoms with van der Waals surface area (Å²) < 4.78 is 12.6. The largest absolute Gasteiger partial charge is 0.508 e. The number of carbonyl (C=O) groups is 1. The van der Waals surface area contributed by atoms with Gasteiger partial charge in [-0.25, -0.2) is 0 Å². The van der Waals surface area contributed by atoms with E-state index in [2.05, 4.69) is 19.6 Å².